The zero-order chi connectivity index (χ0) is 70.9. The van der Waals surface area contributed by atoms with E-state index in [1.54, 1.807) is 0 Å². The molecule has 0 bridgehead atoms. The predicted molar refractivity (Wildman–Crippen MR) is 391 cm³/mol. The third-order valence-corrected chi connectivity index (χ3v) is 19.8. The van der Waals surface area contributed by atoms with Crippen LogP contribution in [0.5, 0.6) is 0 Å². The van der Waals surface area contributed by atoms with Gasteiger partial charge in [-0.2, -0.15) is 0 Å². The maximum atomic E-state index is 13.1. The predicted octanol–water partition coefficient (Wildman–Crippen LogP) is 22.6. The van der Waals surface area contributed by atoms with E-state index in [2.05, 4.69) is 48.5 Å². The van der Waals surface area contributed by atoms with Crippen LogP contribution in [0, 0.1) is 17.8 Å². The minimum absolute atomic E-state index is 0.104. The van der Waals surface area contributed by atoms with E-state index in [0.29, 0.717) is 25.7 Å². The fourth-order valence-electron chi connectivity index (χ4n) is 11.8. The Labute approximate surface area is 588 Å². The third-order valence-electron chi connectivity index (χ3n) is 17.9. The smallest absolute Gasteiger partial charge is 0.462 e. The van der Waals surface area contributed by atoms with Crippen molar-refractivity contribution in [2.75, 3.05) is 39.6 Å². The van der Waals surface area contributed by atoms with E-state index < -0.39 is 97.5 Å². The lowest BCUT2D eigenvalue weighted by molar-refractivity contribution is -0.161. The molecule has 96 heavy (non-hydrogen) atoms. The average Bonchev–Trinajstić information content (AvgIpc) is 2.47. The number of rotatable bonds is 75. The van der Waals surface area contributed by atoms with Crippen molar-refractivity contribution in [3.63, 3.8) is 0 Å². The minimum atomic E-state index is -4.96. The number of esters is 4. The molecule has 0 rings (SSSR count). The lowest BCUT2D eigenvalue weighted by Crippen LogP contribution is -2.30. The van der Waals surface area contributed by atoms with Crippen LogP contribution in [0.1, 0.15) is 395 Å². The third kappa shape index (κ3) is 70.5. The zero-order valence-corrected chi connectivity index (χ0v) is 64.6. The maximum Gasteiger partial charge on any atom is 0.472 e. The fourth-order valence-corrected chi connectivity index (χ4v) is 13.4. The van der Waals surface area contributed by atoms with Gasteiger partial charge in [0.05, 0.1) is 26.4 Å². The van der Waals surface area contributed by atoms with Gasteiger partial charge in [-0.25, -0.2) is 9.13 Å². The molecule has 0 saturated heterocycles. The molecule has 19 heteroatoms. The molecule has 0 aromatic carbocycles. The van der Waals surface area contributed by atoms with E-state index in [9.17, 15) is 43.2 Å². The quantitative estimate of drug-likeness (QED) is 0.0222. The lowest BCUT2D eigenvalue weighted by Gasteiger charge is -2.21. The van der Waals surface area contributed by atoms with Crippen LogP contribution in [-0.4, -0.2) is 96.7 Å². The van der Waals surface area contributed by atoms with Crippen LogP contribution in [0.2, 0.25) is 0 Å². The van der Waals surface area contributed by atoms with E-state index >= 15 is 0 Å². The molecule has 0 aliphatic heterocycles. The van der Waals surface area contributed by atoms with Crippen LogP contribution in [0.25, 0.3) is 0 Å². The molecule has 0 spiro atoms. The molecule has 0 radical (unpaired) electrons. The molecule has 2 unspecified atom stereocenters. The highest BCUT2D eigenvalue weighted by Crippen LogP contribution is 2.45. The average molecular weight is 1410 g/mol. The van der Waals surface area contributed by atoms with Crippen LogP contribution in [0.3, 0.4) is 0 Å². The van der Waals surface area contributed by atoms with Crippen molar-refractivity contribution in [2.45, 2.75) is 414 Å². The Balaban J connectivity index is 5.22. The Kier molecular flexibility index (Phi) is 66.2. The van der Waals surface area contributed by atoms with Gasteiger partial charge >= 0.3 is 39.5 Å². The number of carbonyl (C=O) groups is 4. The van der Waals surface area contributed by atoms with E-state index in [4.69, 9.17) is 37.0 Å². The Morgan fingerprint density at radius 2 is 0.479 bits per heavy atom. The van der Waals surface area contributed by atoms with E-state index in [1.807, 2.05) is 0 Å². The molecule has 0 aliphatic rings. The van der Waals surface area contributed by atoms with Crippen molar-refractivity contribution < 1.29 is 80.2 Å². The Morgan fingerprint density at radius 1 is 0.281 bits per heavy atom. The Bertz CT molecular complexity index is 1870. The van der Waals surface area contributed by atoms with Crippen LogP contribution < -0.4 is 0 Å². The van der Waals surface area contributed by atoms with Crippen LogP contribution in [0.15, 0.2) is 0 Å². The van der Waals surface area contributed by atoms with Crippen LogP contribution >= 0.6 is 15.6 Å². The normalized spacial score (nSPS) is 14.1. The van der Waals surface area contributed by atoms with Crippen molar-refractivity contribution in [1.29, 1.82) is 0 Å². The summed E-state index contributed by atoms with van der Waals surface area (Å²) in [6.07, 6.45) is 54.3. The molecule has 0 saturated carbocycles. The second kappa shape index (κ2) is 67.5. The van der Waals surface area contributed by atoms with Gasteiger partial charge in [-0.15, -0.1) is 0 Å². The maximum absolute atomic E-state index is 13.1. The molecule has 0 aromatic heterocycles. The van der Waals surface area contributed by atoms with Crippen LogP contribution in [0.4, 0.5) is 0 Å². The SMILES string of the molecule is CCCCCCCCCCCCCCCCCCCCCCC(=O)O[C@H](COC(=O)CCCCCCCCCCCCCC(C)C)COP(=O)(O)OC[C@@H](O)COP(=O)(O)OC[C@@H](COC(=O)CCCCCCCCCCC(C)C)OC(=O)CCCCCCCCCCC(C)C. The number of ether oxygens (including phenoxy) is 4. The minimum Gasteiger partial charge on any atom is -0.462 e. The summed E-state index contributed by atoms with van der Waals surface area (Å²) in [4.78, 5) is 72.8. The summed E-state index contributed by atoms with van der Waals surface area (Å²) >= 11 is 0. The molecule has 0 amide bonds. The largest absolute Gasteiger partial charge is 0.472 e. The van der Waals surface area contributed by atoms with Gasteiger partial charge < -0.3 is 33.8 Å². The standard InChI is InChI=1S/C77H150O17P2/c1-8-9-10-11-12-13-14-15-16-17-18-19-20-21-22-25-29-39-46-53-60-76(81)93-72(64-87-74(79)58-51-44-37-28-26-23-24-27-34-41-48-55-68(2)3)66-91-95(83,84)89-62-71(78)63-90-96(85,86)92-67-73(94-77(82)61-54-47-40-33-31-36-43-50-57-70(6)7)65-88-75(80)59-52-45-38-32-30-35-42-49-56-69(4)5/h68-73,78H,8-67H2,1-7H3,(H,83,84)(H,85,86)/t71-,72-,73-/m1/s1. The summed E-state index contributed by atoms with van der Waals surface area (Å²) < 4.78 is 68.5. The highest BCUT2D eigenvalue weighted by molar-refractivity contribution is 7.47. The first kappa shape index (κ1) is 94.1. The number of aliphatic hydroxyl groups excluding tert-OH is 1. The van der Waals surface area contributed by atoms with Gasteiger partial charge in [0.15, 0.2) is 12.2 Å². The fraction of sp³-hybridized carbons (Fsp3) is 0.948. The van der Waals surface area contributed by atoms with Crippen molar-refractivity contribution in [2.24, 2.45) is 17.8 Å². The van der Waals surface area contributed by atoms with Gasteiger partial charge in [0.25, 0.3) is 0 Å². The monoisotopic (exact) mass is 1410 g/mol. The number of phosphoric ester groups is 2. The second-order valence-corrected chi connectivity index (χ2v) is 32.1. The number of hydrogen-bond acceptors (Lipinski definition) is 15. The lowest BCUT2D eigenvalue weighted by atomic mass is 10.0. The zero-order valence-electron chi connectivity index (χ0n) is 62.8. The van der Waals surface area contributed by atoms with Crippen molar-refractivity contribution >= 4 is 39.5 Å². The molecule has 5 atom stereocenters. The first-order chi connectivity index (χ1) is 46.2. The molecule has 0 aliphatic carbocycles. The second-order valence-electron chi connectivity index (χ2n) is 29.2. The van der Waals surface area contributed by atoms with Crippen molar-refractivity contribution in [3.05, 3.63) is 0 Å². The molecular weight excluding hydrogens is 1260 g/mol. The van der Waals surface area contributed by atoms with E-state index in [1.165, 1.54) is 205 Å². The van der Waals surface area contributed by atoms with Gasteiger partial charge in [-0.05, 0) is 43.4 Å². The molecule has 17 nitrogen and oxygen atoms in total. The number of unbranched alkanes of at least 4 members (excludes halogenated alkanes) is 43. The molecule has 0 aromatic rings. The number of hydrogen-bond donors (Lipinski definition) is 3. The molecular formula is C77H150O17P2. The Morgan fingerprint density at radius 3 is 0.708 bits per heavy atom. The van der Waals surface area contributed by atoms with Crippen LogP contribution in [-0.2, 0) is 65.4 Å². The van der Waals surface area contributed by atoms with Gasteiger partial charge in [-0.1, -0.05) is 344 Å². The highest BCUT2D eigenvalue weighted by Gasteiger charge is 2.30. The molecule has 3 N–H and O–H groups in total. The van der Waals surface area contributed by atoms with Crippen molar-refractivity contribution in [3.8, 4) is 0 Å². The number of phosphoric acid groups is 2. The first-order valence-corrected chi connectivity index (χ1v) is 42.8. The topological polar surface area (TPSA) is 237 Å². The summed E-state index contributed by atoms with van der Waals surface area (Å²) in [6.45, 7) is 11.8. The highest BCUT2D eigenvalue weighted by atomic mass is 31.2. The molecule has 0 fully saturated rings. The van der Waals surface area contributed by atoms with E-state index in [0.717, 1.165) is 108 Å². The van der Waals surface area contributed by atoms with Gasteiger partial charge in [0.1, 0.15) is 19.3 Å². The summed E-state index contributed by atoms with van der Waals surface area (Å²) in [5, 5.41) is 10.6. The van der Waals surface area contributed by atoms with Crippen molar-refractivity contribution in [1.82, 2.24) is 0 Å². The summed E-state index contributed by atoms with van der Waals surface area (Å²) in [5.41, 5.74) is 0. The summed E-state index contributed by atoms with van der Waals surface area (Å²) in [5.74, 6) is 0.0960. The van der Waals surface area contributed by atoms with Gasteiger partial charge in [0.2, 0.25) is 0 Å². The number of aliphatic hydroxyl groups is 1. The van der Waals surface area contributed by atoms with Gasteiger partial charge in [0, 0.05) is 25.7 Å². The summed E-state index contributed by atoms with van der Waals surface area (Å²) in [7, 11) is -9.91. The summed E-state index contributed by atoms with van der Waals surface area (Å²) in [6, 6.07) is 0. The Hall–Kier alpha value is -1.94. The first-order valence-electron chi connectivity index (χ1n) is 39.8. The van der Waals surface area contributed by atoms with E-state index in [-0.39, 0.29) is 25.7 Å². The van der Waals surface area contributed by atoms with Gasteiger partial charge in [-0.3, -0.25) is 37.3 Å². The molecule has 570 valence electrons. The molecule has 0 heterocycles. The number of carbonyl (C=O) groups excluding carboxylic acids is 4.